The molecule has 4 heteroatoms. The van der Waals surface area contributed by atoms with Crippen molar-refractivity contribution in [2.24, 2.45) is 0 Å². The Labute approximate surface area is 108 Å². The number of carbonyl (C=O) groups excluding carboxylic acids is 1. The second-order valence-corrected chi connectivity index (χ2v) is 3.76. The number of para-hydroxylation sites is 1. The Hall–Kier alpha value is -1.39. The quantitative estimate of drug-likeness (QED) is 0.500. The monoisotopic (exact) mass is 251 g/mol. The summed E-state index contributed by atoms with van der Waals surface area (Å²) < 4.78 is 10.9. The van der Waals surface area contributed by atoms with Gasteiger partial charge in [-0.05, 0) is 26.0 Å². The van der Waals surface area contributed by atoms with E-state index in [4.69, 9.17) is 9.47 Å². The highest BCUT2D eigenvalue weighted by Gasteiger charge is 2.11. The Kier molecular flexibility index (Phi) is 7.06. The lowest BCUT2D eigenvalue weighted by atomic mass is 10.3. The second-order valence-electron chi connectivity index (χ2n) is 3.76. The Morgan fingerprint density at radius 1 is 1.17 bits per heavy atom. The molecule has 0 fully saturated rings. The minimum Gasteiger partial charge on any atom is -0.353 e. The maximum atomic E-state index is 11.1. The van der Waals surface area contributed by atoms with Crippen molar-refractivity contribution in [3.63, 3.8) is 0 Å². The van der Waals surface area contributed by atoms with E-state index in [0.717, 1.165) is 12.1 Å². The fraction of sp³-hybridized carbons (Fsp3) is 0.500. The van der Waals surface area contributed by atoms with Gasteiger partial charge in [0.05, 0.1) is 0 Å². The first-order valence-electron chi connectivity index (χ1n) is 6.32. The van der Waals surface area contributed by atoms with Crippen molar-refractivity contribution >= 4 is 12.1 Å². The minimum absolute atomic E-state index is 0.244. The summed E-state index contributed by atoms with van der Waals surface area (Å²) >= 11 is 0. The number of rotatable bonds is 9. The molecule has 18 heavy (non-hydrogen) atoms. The van der Waals surface area contributed by atoms with E-state index in [2.05, 4.69) is 0 Å². The van der Waals surface area contributed by atoms with Crippen LogP contribution in [0.1, 0.15) is 20.3 Å². The first-order valence-corrected chi connectivity index (χ1v) is 6.32. The van der Waals surface area contributed by atoms with Crippen molar-refractivity contribution in [3.05, 3.63) is 30.3 Å². The molecule has 0 aromatic heterocycles. The third-order valence-corrected chi connectivity index (χ3v) is 2.53. The van der Waals surface area contributed by atoms with Gasteiger partial charge >= 0.3 is 0 Å². The summed E-state index contributed by atoms with van der Waals surface area (Å²) in [6.45, 7) is 5.66. The molecule has 0 aliphatic rings. The van der Waals surface area contributed by atoms with Crippen LogP contribution in [0.25, 0.3) is 0 Å². The highest BCUT2D eigenvalue weighted by Crippen LogP contribution is 2.13. The van der Waals surface area contributed by atoms with Crippen LogP contribution in [0.2, 0.25) is 0 Å². The van der Waals surface area contributed by atoms with Crippen LogP contribution in [0.3, 0.4) is 0 Å². The minimum atomic E-state index is -0.244. The number of carbonyl (C=O) groups is 1. The predicted octanol–water partition coefficient (Wildman–Crippen LogP) is 2.44. The molecule has 0 saturated heterocycles. The summed E-state index contributed by atoms with van der Waals surface area (Å²) in [6.07, 6.45) is 1.26. The van der Waals surface area contributed by atoms with E-state index < -0.39 is 0 Å². The van der Waals surface area contributed by atoms with Crippen molar-refractivity contribution in [3.8, 4) is 0 Å². The Morgan fingerprint density at radius 2 is 1.78 bits per heavy atom. The lowest BCUT2D eigenvalue weighted by Gasteiger charge is -2.21. The fourth-order valence-electron chi connectivity index (χ4n) is 1.69. The number of nitrogens with zero attached hydrogens (tertiary/aromatic N) is 1. The topological polar surface area (TPSA) is 38.8 Å². The average molecular weight is 251 g/mol. The van der Waals surface area contributed by atoms with Crippen molar-refractivity contribution in [1.29, 1.82) is 0 Å². The van der Waals surface area contributed by atoms with Crippen LogP contribution in [0, 0.1) is 0 Å². The Bertz CT molecular complexity index is 323. The number of benzene rings is 1. The van der Waals surface area contributed by atoms with E-state index in [9.17, 15) is 4.79 Å². The fourth-order valence-corrected chi connectivity index (χ4v) is 1.69. The Balaban J connectivity index is 2.50. The largest absolute Gasteiger partial charge is 0.353 e. The normalized spacial score (nSPS) is 10.6. The van der Waals surface area contributed by atoms with Gasteiger partial charge < -0.3 is 14.4 Å². The van der Waals surface area contributed by atoms with Crippen LogP contribution < -0.4 is 4.90 Å². The first-order chi connectivity index (χ1) is 8.81. The van der Waals surface area contributed by atoms with Crippen LogP contribution in [0.5, 0.6) is 0 Å². The zero-order valence-corrected chi connectivity index (χ0v) is 11.0. The molecule has 1 rings (SSSR count). The molecule has 0 N–H and O–H groups in total. The van der Waals surface area contributed by atoms with Crippen LogP contribution in [0.15, 0.2) is 30.3 Å². The van der Waals surface area contributed by atoms with Crippen LogP contribution in [-0.4, -0.2) is 32.5 Å². The van der Waals surface area contributed by atoms with E-state index in [1.54, 1.807) is 4.90 Å². The van der Waals surface area contributed by atoms with Gasteiger partial charge in [-0.3, -0.25) is 4.79 Å². The zero-order chi connectivity index (χ0) is 13.2. The summed E-state index contributed by atoms with van der Waals surface area (Å²) in [5.74, 6) is 0. The molecule has 0 saturated carbocycles. The van der Waals surface area contributed by atoms with Crippen LogP contribution in [0.4, 0.5) is 5.69 Å². The van der Waals surface area contributed by atoms with Crippen molar-refractivity contribution < 1.29 is 14.3 Å². The molecule has 0 spiro atoms. The van der Waals surface area contributed by atoms with E-state index >= 15 is 0 Å². The maximum Gasteiger partial charge on any atom is 0.214 e. The number of amides is 1. The van der Waals surface area contributed by atoms with Gasteiger partial charge in [0.2, 0.25) is 6.41 Å². The lowest BCUT2D eigenvalue weighted by molar-refractivity contribution is -0.138. The van der Waals surface area contributed by atoms with Crippen molar-refractivity contribution in [2.45, 2.75) is 26.6 Å². The third-order valence-electron chi connectivity index (χ3n) is 2.53. The molecule has 0 aliphatic heterocycles. The molecule has 0 heterocycles. The van der Waals surface area contributed by atoms with Crippen molar-refractivity contribution in [1.82, 2.24) is 0 Å². The summed E-state index contributed by atoms with van der Waals surface area (Å²) in [7, 11) is 0. The molecule has 0 atom stereocenters. The molecule has 0 aliphatic carbocycles. The summed E-state index contributed by atoms with van der Waals surface area (Å²) in [6, 6.07) is 9.56. The van der Waals surface area contributed by atoms with E-state index in [-0.39, 0.29) is 6.29 Å². The van der Waals surface area contributed by atoms with E-state index in [1.807, 2.05) is 44.2 Å². The van der Waals surface area contributed by atoms with Gasteiger partial charge in [-0.2, -0.15) is 0 Å². The van der Waals surface area contributed by atoms with E-state index in [0.29, 0.717) is 26.2 Å². The molecular weight excluding hydrogens is 230 g/mol. The molecule has 1 aromatic carbocycles. The van der Waals surface area contributed by atoms with Gasteiger partial charge in [0, 0.05) is 31.9 Å². The predicted molar refractivity (Wildman–Crippen MR) is 71.5 cm³/mol. The van der Waals surface area contributed by atoms with Gasteiger partial charge in [0.25, 0.3) is 0 Å². The van der Waals surface area contributed by atoms with Gasteiger partial charge in [0.15, 0.2) is 6.29 Å². The highest BCUT2D eigenvalue weighted by molar-refractivity contribution is 5.74. The first kappa shape index (κ1) is 14.7. The summed E-state index contributed by atoms with van der Waals surface area (Å²) in [5, 5.41) is 0. The van der Waals surface area contributed by atoms with Crippen molar-refractivity contribution in [2.75, 3.05) is 24.7 Å². The molecule has 4 nitrogen and oxygen atoms in total. The van der Waals surface area contributed by atoms with Gasteiger partial charge in [-0.15, -0.1) is 0 Å². The SMILES string of the molecule is CCOC(CCN(C=O)c1ccccc1)OCC. The maximum absolute atomic E-state index is 11.1. The molecular formula is C14H21NO3. The average Bonchev–Trinajstić information content (AvgIpc) is 2.41. The summed E-state index contributed by atoms with van der Waals surface area (Å²) in [4.78, 5) is 12.7. The number of anilines is 1. The highest BCUT2D eigenvalue weighted by atomic mass is 16.7. The van der Waals surface area contributed by atoms with E-state index in [1.165, 1.54) is 0 Å². The number of hydrogen-bond donors (Lipinski definition) is 0. The van der Waals surface area contributed by atoms with Gasteiger partial charge in [-0.1, -0.05) is 18.2 Å². The van der Waals surface area contributed by atoms with Gasteiger partial charge in [-0.25, -0.2) is 0 Å². The van der Waals surface area contributed by atoms with Crippen LogP contribution in [-0.2, 0) is 14.3 Å². The number of hydrogen-bond acceptors (Lipinski definition) is 3. The molecule has 1 amide bonds. The zero-order valence-electron chi connectivity index (χ0n) is 11.0. The molecule has 0 bridgehead atoms. The van der Waals surface area contributed by atoms with Gasteiger partial charge in [0.1, 0.15) is 0 Å². The van der Waals surface area contributed by atoms with Crippen LogP contribution >= 0.6 is 0 Å². The molecule has 0 unspecified atom stereocenters. The Morgan fingerprint density at radius 3 is 2.28 bits per heavy atom. The third kappa shape index (κ3) is 4.85. The molecule has 1 aromatic rings. The lowest BCUT2D eigenvalue weighted by Crippen LogP contribution is -2.28. The molecule has 100 valence electrons. The smallest absolute Gasteiger partial charge is 0.214 e. The number of ether oxygens (including phenoxy) is 2. The second kappa shape index (κ2) is 8.66. The summed E-state index contributed by atoms with van der Waals surface area (Å²) in [5.41, 5.74) is 0.888. The molecule has 0 radical (unpaired) electrons. The standard InChI is InChI=1S/C14H21NO3/c1-3-17-14(18-4-2)10-11-15(12-16)13-8-6-5-7-9-13/h5-9,12,14H,3-4,10-11H2,1-2H3.